The Morgan fingerprint density at radius 3 is 2.52 bits per heavy atom. The van der Waals surface area contributed by atoms with Gasteiger partial charge < -0.3 is 21.3 Å². The number of primary amides is 1. The van der Waals surface area contributed by atoms with E-state index >= 15 is 0 Å². The van der Waals surface area contributed by atoms with Crippen LogP contribution in [-0.2, 0) is 0 Å². The van der Waals surface area contributed by atoms with Crippen molar-refractivity contribution < 1.29 is 4.79 Å². The number of hydrogen-bond acceptors (Lipinski definition) is 7. The number of anilines is 3. The molecule has 0 bridgehead atoms. The van der Waals surface area contributed by atoms with Gasteiger partial charge in [-0.15, -0.1) is 0 Å². The van der Waals surface area contributed by atoms with Crippen LogP contribution in [0.2, 0.25) is 5.15 Å². The van der Waals surface area contributed by atoms with E-state index in [1.54, 1.807) is 24.4 Å². The molecule has 1 aliphatic heterocycles. The van der Waals surface area contributed by atoms with Gasteiger partial charge in [0.05, 0.1) is 5.56 Å². The molecule has 23 heavy (non-hydrogen) atoms. The lowest BCUT2D eigenvalue weighted by molar-refractivity contribution is 0.100. The molecule has 9 heteroatoms. The average Bonchev–Trinajstić information content (AvgIpc) is 2.54. The van der Waals surface area contributed by atoms with E-state index in [1.165, 1.54) is 0 Å². The maximum atomic E-state index is 11.5. The molecule has 3 heterocycles. The van der Waals surface area contributed by atoms with Crippen LogP contribution < -0.4 is 21.3 Å². The number of carbonyl (C=O) groups is 1. The summed E-state index contributed by atoms with van der Waals surface area (Å²) in [7, 11) is 0. The molecule has 1 amide bonds. The van der Waals surface area contributed by atoms with Crippen LogP contribution in [0.3, 0.4) is 0 Å². The first-order chi connectivity index (χ1) is 11.0. The number of amides is 1. The van der Waals surface area contributed by atoms with Crippen LogP contribution in [0.25, 0.3) is 0 Å². The molecular formula is C14H16ClN7O. The number of nitrogen functional groups attached to an aromatic ring is 1. The summed E-state index contributed by atoms with van der Waals surface area (Å²) < 4.78 is 0. The molecule has 0 aromatic carbocycles. The lowest BCUT2D eigenvalue weighted by Gasteiger charge is -2.36. The predicted molar refractivity (Wildman–Crippen MR) is 88.6 cm³/mol. The molecule has 1 fully saturated rings. The van der Waals surface area contributed by atoms with Crippen molar-refractivity contribution in [1.82, 2.24) is 15.0 Å². The van der Waals surface area contributed by atoms with Gasteiger partial charge in [-0.1, -0.05) is 11.6 Å². The summed E-state index contributed by atoms with van der Waals surface area (Å²) in [6, 6.07) is 5.07. The van der Waals surface area contributed by atoms with Crippen molar-refractivity contribution >= 4 is 35.1 Å². The zero-order valence-electron chi connectivity index (χ0n) is 12.3. The third kappa shape index (κ3) is 3.26. The predicted octanol–water partition coefficient (Wildman–Crippen LogP) is 0.533. The minimum Gasteiger partial charge on any atom is -0.368 e. The fourth-order valence-electron chi connectivity index (χ4n) is 2.57. The Labute approximate surface area is 138 Å². The second kappa shape index (κ2) is 6.25. The van der Waals surface area contributed by atoms with Crippen molar-refractivity contribution in [2.45, 2.75) is 0 Å². The summed E-state index contributed by atoms with van der Waals surface area (Å²) in [5.74, 6) is 0.972. The van der Waals surface area contributed by atoms with Crippen LogP contribution in [0.15, 0.2) is 24.4 Å². The summed E-state index contributed by atoms with van der Waals surface area (Å²) in [5, 5.41) is 0.315. The molecule has 120 valence electrons. The van der Waals surface area contributed by atoms with Crippen molar-refractivity contribution in [3.8, 4) is 0 Å². The molecule has 0 unspecified atom stereocenters. The fourth-order valence-corrected chi connectivity index (χ4v) is 2.76. The SMILES string of the molecule is NC(=O)c1cccnc1N1CCN(c2cc(Cl)nc(N)n2)CC1. The van der Waals surface area contributed by atoms with Crippen LogP contribution in [0.4, 0.5) is 17.6 Å². The van der Waals surface area contributed by atoms with E-state index in [9.17, 15) is 4.79 Å². The van der Waals surface area contributed by atoms with Gasteiger partial charge >= 0.3 is 0 Å². The van der Waals surface area contributed by atoms with Crippen molar-refractivity contribution in [3.63, 3.8) is 0 Å². The Bertz CT molecular complexity index is 711. The molecule has 0 aliphatic carbocycles. The van der Waals surface area contributed by atoms with Crippen LogP contribution in [0, 0.1) is 0 Å². The van der Waals surface area contributed by atoms with Gasteiger partial charge in [0.25, 0.3) is 5.91 Å². The summed E-state index contributed by atoms with van der Waals surface area (Å²) in [4.78, 5) is 28.0. The van der Waals surface area contributed by atoms with Gasteiger partial charge in [-0.05, 0) is 12.1 Å². The maximum absolute atomic E-state index is 11.5. The van der Waals surface area contributed by atoms with Gasteiger partial charge in [-0.2, -0.15) is 4.98 Å². The number of aromatic nitrogens is 3. The monoisotopic (exact) mass is 333 g/mol. The molecule has 2 aromatic heterocycles. The topological polar surface area (TPSA) is 114 Å². The van der Waals surface area contributed by atoms with Crippen LogP contribution >= 0.6 is 11.6 Å². The third-order valence-corrected chi connectivity index (χ3v) is 3.85. The number of rotatable bonds is 3. The first-order valence-electron chi connectivity index (χ1n) is 7.09. The Balaban J connectivity index is 1.75. The summed E-state index contributed by atoms with van der Waals surface area (Å²) in [6.45, 7) is 2.75. The molecule has 8 nitrogen and oxygen atoms in total. The van der Waals surface area contributed by atoms with Crippen LogP contribution in [-0.4, -0.2) is 47.0 Å². The largest absolute Gasteiger partial charge is 0.368 e. The highest BCUT2D eigenvalue weighted by molar-refractivity contribution is 6.29. The highest BCUT2D eigenvalue weighted by Gasteiger charge is 2.22. The van der Waals surface area contributed by atoms with Crippen LogP contribution in [0.1, 0.15) is 10.4 Å². The van der Waals surface area contributed by atoms with E-state index in [4.69, 9.17) is 23.1 Å². The molecule has 1 aliphatic rings. The van der Waals surface area contributed by atoms with E-state index in [-0.39, 0.29) is 5.95 Å². The lowest BCUT2D eigenvalue weighted by atomic mass is 10.2. The minimum absolute atomic E-state index is 0.149. The number of hydrogen-bond donors (Lipinski definition) is 2. The van der Waals surface area contributed by atoms with Gasteiger partial charge in [0.15, 0.2) is 0 Å². The Kier molecular flexibility index (Phi) is 4.16. The van der Waals surface area contributed by atoms with Crippen molar-refractivity contribution in [1.29, 1.82) is 0 Å². The molecular weight excluding hydrogens is 318 g/mol. The first-order valence-corrected chi connectivity index (χ1v) is 7.47. The summed E-state index contributed by atoms with van der Waals surface area (Å²) in [6.07, 6.45) is 1.65. The highest BCUT2D eigenvalue weighted by atomic mass is 35.5. The number of nitrogens with two attached hydrogens (primary N) is 2. The zero-order chi connectivity index (χ0) is 16.4. The molecule has 0 radical (unpaired) electrons. The molecule has 4 N–H and O–H groups in total. The van der Waals surface area contributed by atoms with Gasteiger partial charge in [0, 0.05) is 38.4 Å². The number of halogens is 1. The second-order valence-electron chi connectivity index (χ2n) is 5.12. The summed E-state index contributed by atoms with van der Waals surface area (Å²) >= 11 is 5.92. The maximum Gasteiger partial charge on any atom is 0.252 e. The smallest absolute Gasteiger partial charge is 0.252 e. The van der Waals surface area contributed by atoms with Gasteiger partial charge in [0.2, 0.25) is 5.95 Å². The van der Waals surface area contributed by atoms with Crippen molar-refractivity contribution in [2.24, 2.45) is 5.73 Å². The van der Waals surface area contributed by atoms with Crippen LogP contribution in [0.5, 0.6) is 0 Å². The van der Waals surface area contributed by atoms with Gasteiger partial charge in [-0.25, -0.2) is 9.97 Å². The van der Waals surface area contributed by atoms with E-state index in [1.807, 2.05) is 4.90 Å². The molecule has 2 aromatic rings. The quantitative estimate of drug-likeness (QED) is 0.787. The van der Waals surface area contributed by atoms with E-state index < -0.39 is 5.91 Å². The van der Waals surface area contributed by atoms with E-state index in [0.29, 0.717) is 48.5 Å². The highest BCUT2D eigenvalue weighted by Crippen LogP contribution is 2.22. The molecule has 0 atom stereocenters. The van der Waals surface area contributed by atoms with E-state index in [2.05, 4.69) is 19.9 Å². The van der Waals surface area contributed by atoms with Crippen molar-refractivity contribution in [2.75, 3.05) is 41.7 Å². The molecule has 0 spiro atoms. The molecule has 3 rings (SSSR count). The third-order valence-electron chi connectivity index (χ3n) is 3.65. The summed E-state index contributed by atoms with van der Waals surface area (Å²) in [5.41, 5.74) is 11.5. The lowest BCUT2D eigenvalue weighted by Crippen LogP contribution is -2.47. The van der Waals surface area contributed by atoms with Crippen molar-refractivity contribution in [3.05, 3.63) is 35.1 Å². The van der Waals surface area contributed by atoms with E-state index in [0.717, 1.165) is 0 Å². The number of carbonyl (C=O) groups excluding carboxylic acids is 1. The average molecular weight is 334 g/mol. The number of piperazine rings is 1. The Hall–Kier alpha value is -2.61. The normalized spacial score (nSPS) is 14.8. The Morgan fingerprint density at radius 1 is 1.17 bits per heavy atom. The number of pyridine rings is 1. The Morgan fingerprint density at radius 2 is 1.87 bits per heavy atom. The molecule has 0 saturated carbocycles. The molecule has 1 saturated heterocycles. The first kappa shape index (κ1) is 15.3. The fraction of sp³-hybridized carbons (Fsp3) is 0.286. The van der Waals surface area contributed by atoms with Gasteiger partial charge in [0.1, 0.15) is 16.8 Å². The second-order valence-corrected chi connectivity index (χ2v) is 5.51. The minimum atomic E-state index is -0.481. The zero-order valence-corrected chi connectivity index (χ0v) is 13.1. The number of nitrogens with zero attached hydrogens (tertiary/aromatic N) is 5. The van der Waals surface area contributed by atoms with Gasteiger partial charge in [-0.3, -0.25) is 4.79 Å². The standard InChI is InChI=1S/C14H16ClN7O/c15-10-8-11(20-14(17)19-10)21-4-6-22(7-5-21)13-9(12(16)23)2-1-3-18-13/h1-3,8H,4-7H2,(H2,16,23)(H2,17,19,20).